The van der Waals surface area contributed by atoms with Crippen molar-refractivity contribution in [2.45, 2.75) is 44.7 Å². The van der Waals surface area contributed by atoms with Gasteiger partial charge >= 0.3 is 0 Å². The minimum atomic E-state index is 0.200. The lowest BCUT2D eigenvalue weighted by Crippen LogP contribution is -2.54. The molecule has 0 spiro atoms. The largest absolute Gasteiger partial charge is 0.329 e. The van der Waals surface area contributed by atoms with Crippen molar-refractivity contribution < 1.29 is 0 Å². The second-order valence-electron chi connectivity index (χ2n) is 5.37. The lowest BCUT2D eigenvalue weighted by Gasteiger charge is -2.42. The van der Waals surface area contributed by atoms with Crippen molar-refractivity contribution in [1.82, 2.24) is 4.90 Å². The summed E-state index contributed by atoms with van der Waals surface area (Å²) >= 11 is 7.68. The number of hydrogen-bond acceptors (Lipinski definition) is 3. The van der Waals surface area contributed by atoms with Gasteiger partial charge in [-0.15, -0.1) is 11.3 Å². The highest BCUT2D eigenvalue weighted by Gasteiger charge is 2.43. The average Bonchev–Trinajstić information content (AvgIpc) is 2.95. The summed E-state index contributed by atoms with van der Waals surface area (Å²) in [6.07, 6.45) is 5.10. The molecule has 0 aromatic carbocycles. The fraction of sp³-hybridized carbons (Fsp3) is 0.714. The Morgan fingerprint density at radius 3 is 2.89 bits per heavy atom. The SMILES string of the molecule is CCC1CCCC1(CN)N(C)Cc1ccc(Cl)s1. The van der Waals surface area contributed by atoms with E-state index in [2.05, 4.69) is 24.9 Å². The molecule has 102 valence electrons. The van der Waals surface area contributed by atoms with Gasteiger partial charge in [-0.3, -0.25) is 4.90 Å². The quantitative estimate of drug-likeness (QED) is 0.893. The molecule has 0 aliphatic heterocycles. The number of rotatable bonds is 5. The molecule has 1 fully saturated rings. The van der Waals surface area contributed by atoms with Crippen LogP contribution in [0.5, 0.6) is 0 Å². The monoisotopic (exact) mass is 286 g/mol. The van der Waals surface area contributed by atoms with Crippen LogP contribution in [0.3, 0.4) is 0 Å². The zero-order valence-electron chi connectivity index (χ0n) is 11.3. The molecule has 2 atom stereocenters. The van der Waals surface area contributed by atoms with Gasteiger partial charge in [0.1, 0.15) is 0 Å². The Balaban J connectivity index is 2.12. The van der Waals surface area contributed by atoms with E-state index in [-0.39, 0.29) is 5.54 Å². The second-order valence-corrected chi connectivity index (χ2v) is 7.17. The molecule has 18 heavy (non-hydrogen) atoms. The molecule has 0 bridgehead atoms. The maximum atomic E-state index is 6.13. The molecular formula is C14H23ClN2S. The van der Waals surface area contributed by atoms with E-state index < -0.39 is 0 Å². The van der Waals surface area contributed by atoms with Crippen LogP contribution in [0.4, 0.5) is 0 Å². The Kier molecular flexibility index (Phi) is 4.70. The van der Waals surface area contributed by atoms with Crippen LogP contribution in [0, 0.1) is 5.92 Å². The number of thiophene rings is 1. The zero-order chi connectivity index (χ0) is 13.2. The maximum absolute atomic E-state index is 6.13. The molecule has 1 aromatic rings. The Morgan fingerprint density at radius 1 is 1.56 bits per heavy atom. The topological polar surface area (TPSA) is 29.3 Å². The molecule has 4 heteroatoms. The van der Waals surface area contributed by atoms with Gasteiger partial charge in [-0.2, -0.15) is 0 Å². The van der Waals surface area contributed by atoms with E-state index in [1.54, 1.807) is 11.3 Å². The van der Waals surface area contributed by atoms with E-state index in [9.17, 15) is 0 Å². The van der Waals surface area contributed by atoms with Crippen molar-refractivity contribution in [3.63, 3.8) is 0 Å². The van der Waals surface area contributed by atoms with E-state index in [0.29, 0.717) is 0 Å². The third kappa shape index (κ3) is 2.60. The van der Waals surface area contributed by atoms with Crippen molar-refractivity contribution in [2.24, 2.45) is 11.7 Å². The molecule has 1 aromatic heterocycles. The van der Waals surface area contributed by atoms with Crippen LogP contribution in [0.15, 0.2) is 12.1 Å². The second kappa shape index (κ2) is 5.91. The Labute approximate surface area is 119 Å². The molecule has 2 rings (SSSR count). The summed E-state index contributed by atoms with van der Waals surface area (Å²) in [4.78, 5) is 3.80. The van der Waals surface area contributed by atoms with Crippen molar-refractivity contribution >= 4 is 22.9 Å². The summed E-state index contributed by atoms with van der Waals surface area (Å²) in [6.45, 7) is 4.02. The van der Waals surface area contributed by atoms with Crippen LogP contribution in [0.2, 0.25) is 4.34 Å². The first-order valence-corrected chi connectivity index (χ1v) is 7.97. The standard InChI is InChI=1S/C14H23ClN2S/c1-3-11-5-4-8-14(11,10-16)17(2)9-12-6-7-13(15)18-12/h6-7,11H,3-5,8-10,16H2,1-2H3. The van der Waals surface area contributed by atoms with Gasteiger partial charge in [0.2, 0.25) is 0 Å². The van der Waals surface area contributed by atoms with Gasteiger partial charge in [-0.05, 0) is 37.9 Å². The average molecular weight is 287 g/mol. The van der Waals surface area contributed by atoms with Gasteiger partial charge in [0, 0.05) is 23.5 Å². The van der Waals surface area contributed by atoms with Crippen LogP contribution in [-0.2, 0) is 6.54 Å². The Bertz CT molecular complexity index is 393. The highest BCUT2D eigenvalue weighted by atomic mass is 35.5. The highest BCUT2D eigenvalue weighted by Crippen LogP contribution is 2.42. The fourth-order valence-electron chi connectivity index (χ4n) is 3.47. The number of nitrogens with zero attached hydrogens (tertiary/aromatic N) is 1. The first-order chi connectivity index (χ1) is 8.62. The van der Waals surface area contributed by atoms with Gasteiger partial charge < -0.3 is 5.73 Å². The number of hydrogen-bond donors (Lipinski definition) is 1. The van der Waals surface area contributed by atoms with Crippen molar-refractivity contribution in [1.29, 1.82) is 0 Å². The van der Waals surface area contributed by atoms with Crippen LogP contribution >= 0.6 is 22.9 Å². The van der Waals surface area contributed by atoms with E-state index in [1.165, 1.54) is 30.6 Å². The number of nitrogens with two attached hydrogens (primary N) is 1. The normalized spacial score (nSPS) is 28.2. The summed E-state index contributed by atoms with van der Waals surface area (Å²) in [5, 5.41) is 0. The molecule has 2 unspecified atom stereocenters. The molecule has 1 aliphatic carbocycles. The molecule has 1 aliphatic rings. The van der Waals surface area contributed by atoms with Crippen LogP contribution in [0.1, 0.15) is 37.5 Å². The maximum Gasteiger partial charge on any atom is 0.0931 e. The zero-order valence-corrected chi connectivity index (χ0v) is 12.9. The molecule has 0 saturated heterocycles. The molecular weight excluding hydrogens is 264 g/mol. The van der Waals surface area contributed by atoms with E-state index in [4.69, 9.17) is 17.3 Å². The summed E-state index contributed by atoms with van der Waals surface area (Å²) in [5.74, 6) is 0.739. The predicted molar refractivity (Wildman–Crippen MR) is 80.2 cm³/mol. The number of likely N-dealkylation sites (N-methyl/N-ethyl adjacent to an activating group) is 1. The van der Waals surface area contributed by atoms with E-state index >= 15 is 0 Å². The summed E-state index contributed by atoms with van der Waals surface area (Å²) in [6, 6.07) is 4.11. The van der Waals surface area contributed by atoms with Crippen molar-refractivity contribution in [3.05, 3.63) is 21.3 Å². The van der Waals surface area contributed by atoms with E-state index in [0.717, 1.165) is 23.3 Å². The third-order valence-corrected chi connectivity index (χ3v) is 5.77. The van der Waals surface area contributed by atoms with Gasteiger partial charge in [-0.25, -0.2) is 0 Å². The summed E-state index contributed by atoms with van der Waals surface area (Å²) < 4.78 is 0.874. The minimum absolute atomic E-state index is 0.200. The number of halogens is 1. The highest BCUT2D eigenvalue weighted by molar-refractivity contribution is 7.16. The van der Waals surface area contributed by atoms with E-state index in [1.807, 2.05) is 6.07 Å². The third-order valence-electron chi connectivity index (χ3n) is 4.55. The Hall–Kier alpha value is -0.0900. The van der Waals surface area contributed by atoms with Gasteiger partial charge in [0.25, 0.3) is 0 Å². The van der Waals surface area contributed by atoms with Crippen LogP contribution < -0.4 is 5.73 Å². The molecule has 0 radical (unpaired) electrons. The molecule has 2 nitrogen and oxygen atoms in total. The first-order valence-electron chi connectivity index (χ1n) is 6.78. The lowest BCUT2D eigenvalue weighted by molar-refractivity contribution is 0.0756. The summed E-state index contributed by atoms with van der Waals surface area (Å²) in [5.41, 5.74) is 6.33. The first kappa shape index (κ1) is 14.3. The van der Waals surface area contributed by atoms with Gasteiger partial charge in [-0.1, -0.05) is 31.4 Å². The predicted octanol–water partition coefficient (Wildman–Crippen LogP) is 3.74. The van der Waals surface area contributed by atoms with Crippen LogP contribution in [0.25, 0.3) is 0 Å². The van der Waals surface area contributed by atoms with Gasteiger partial charge in [0.05, 0.1) is 4.34 Å². The van der Waals surface area contributed by atoms with Gasteiger partial charge in [0.15, 0.2) is 0 Å². The summed E-state index contributed by atoms with van der Waals surface area (Å²) in [7, 11) is 2.22. The minimum Gasteiger partial charge on any atom is -0.329 e. The van der Waals surface area contributed by atoms with Crippen LogP contribution in [-0.4, -0.2) is 24.0 Å². The molecule has 0 amide bonds. The molecule has 1 heterocycles. The van der Waals surface area contributed by atoms with Crippen molar-refractivity contribution in [2.75, 3.05) is 13.6 Å². The smallest absolute Gasteiger partial charge is 0.0931 e. The van der Waals surface area contributed by atoms with Crippen molar-refractivity contribution in [3.8, 4) is 0 Å². The Morgan fingerprint density at radius 2 is 2.33 bits per heavy atom. The fourth-order valence-corrected chi connectivity index (χ4v) is 4.61. The molecule has 2 N–H and O–H groups in total. The lowest BCUT2D eigenvalue weighted by atomic mass is 9.83. The molecule has 1 saturated carbocycles.